The van der Waals surface area contributed by atoms with Gasteiger partial charge >= 0.3 is 0 Å². The van der Waals surface area contributed by atoms with Crippen molar-refractivity contribution in [2.45, 2.75) is 13.8 Å². The number of primary amides is 1. The van der Waals surface area contributed by atoms with Crippen LogP contribution >= 0.6 is 0 Å². The molecule has 5 heteroatoms. The fourth-order valence-corrected chi connectivity index (χ4v) is 2.65. The van der Waals surface area contributed by atoms with Gasteiger partial charge in [0.15, 0.2) is 6.61 Å². The highest BCUT2D eigenvalue weighted by Crippen LogP contribution is 2.22. The highest BCUT2D eigenvalue weighted by molar-refractivity contribution is 6.08. The van der Waals surface area contributed by atoms with Crippen LogP contribution in [0.1, 0.15) is 26.3 Å². The van der Waals surface area contributed by atoms with Gasteiger partial charge in [0.2, 0.25) is 0 Å². The maximum absolute atomic E-state index is 12.5. The molecule has 3 aromatic rings. The van der Waals surface area contributed by atoms with E-state index in [-0.39, 0.29) is 12.5 Å². The summed E-state index contributed by atoms with van der Waals surface area (Å²) in [5.74, 6) is -0.150. The minimum absolute atomic E-state index is 0.124. The Morgan fingerprint density at radius 1 is 1.12 bits per heavy atom. The second kappa shape index (κ2) is 6.20. The predicted molar refractivity (Wildman–Crippen MR) is 92.5 cm³/mol. The molecule has 2 N–H and O–H groups in total. The van der Waals surface area contributed by atoms with Gasteiger partial charge in [-0.2, -0.15) is 0 Å². The lowest BCUT2D eigenvalue weighted by atomic mass is 10.1. The summed E-state index contributed by atoms with van der Waals surface area (Å²) in [5.41, 5.74) is 8.39. The lowest BCUT2D eigenvalue weighted by Crippen LogP contribution is -2.19. The molecule has 0 unspecified atom stereocenters. The number of fused-ring (bicyclic) bond motifs is 1. The van der Waals surface area contributed by atoms with Gasteiger partial charge in [-0.15, -0.1) is 0 Å². The molecule has 2 aromatic carbocycles. The predicted octanol–water partition coefficient (Wildman–Crippen LogP) is 3.08. The average Bonchev–Trinajstić information content (AvgIpc) is 2.95. The van der Waals surface area contributed by atoms with E-state index >= 15 is 0 Å². The summed E-state index contributed by atoms with van der Waals surface area (Å²) < 4.78 is 7.08. The first-order chi connectivity index (χ1) is 11.5. The van der Waals surface area contributed by atoms with Gasteiger partial charge in [-0.25, -0.2) is 0 Å². The third-order valence-electron chi connectivity index (χ3n) is 3.94. The van der Waals surface area contributed by atoms with Gasteiger partial charge in [0.1, 0.15) is 5.75 Å². The van der Waals surface area contributed by atoms with E-state index in [0.29, 0.717) is 22.2 Å². The first kappa shape index (κ1) is 15.8. The first-order valence-corrected chi connectivity index (χ1v) is 7.60. The number of nitrogens with zero attached hydrogens (tertiary/aromatic N) is 1. The minimum Gasteiger partial charge on any atom is -0.483 e. The zero-order valence-corrected chi connectivity index (χ0v) is 13.6. The van der Waals surface area contributed by atoms with Crippen molar-refractivity contribution < 1.29 is 14.3 Å². The average molecular weight is 322 g/mol. The Balaban J connectivity index is 1.89. The Morgan fingerprint density at radius 2 is 1.88 bits per heavy atom. The van der Waals surface area contributed by atoms with Crippen molar-refractivity contribution in [2.75, 3.05) is 6.61 Å². The number of benzene rings is 2. The number of aryl methyl sites for hydroxylation is 2. The molecule has 0 saturated heterocycles. The van der Waals surface area contributed by atoms with Crippen molar-refractivity contribution >= 4 is 22.7 Å². The van der Waals surface area contributed by atoms with Crippen LogP contribution in [0.3, 0.4) is 0 Å². The van der Waals surface area contributed by atoms with Crippen LogP contribution < -0.4 is 10.5 Å². The summed E-state index contributed by atoms with van der Waals surface area (Å²) in [5, 5.41) is 0.657. The number of hydrogen-bond acceptors (Lipinski definition) is 3. The normalized spacial score (nSPS) is 10.8. The van der Waals surface area contributed by atoms with Crippen molar-refractivity contribution in [2.24, 2.45) is 5.73 Å². The molecule has 0 bridgehead atoms. The Labute approximate surface area is 139 Å². The van der Waals surface area contributed by atoms with E-state index in [1.807, 2.05) is 38.1 Å². The van der Waals surface area contributed by atoms with Crippen LogP contribution in [0.5, 0.6) is 5.75 Å². The second-order valence-electron chi connectivity index (χ2n) is 5.75. The number of rotatable bonds is 4. The van der Waals surface area contributed by atoms with Crippen LogP contribution in [0.15, 0.2) is 48.7 Å². The van der Waals surface area contributed by atoms with Crippen molar-refractivity contribution in [3.05, 3.63) is 65.4 Å². The van der Waals surface area contributed by atoms with Gasteiger partial charge in [-0.1, -0.05) is 30.3 Å². The summed E-state index contributed by atoms with van der Waals surface area (Å²) in [6, 6.07) is 13.0. The molecule has 1 aromatic heterocycles. The van der Waals surface area contributed by atoms with Crippen LogP contribution in [0, 0.1) is 13.8 Å². The van der Waals surface area contributed by atoms with Crippen molar-refractivity contribution in [3.63, 3.8) is 0 Å². The number of hydrogen-bond donors (Lipinski definition) is 1. The number of carbonyl (C=O) groups excluding carboxylic acids is 2. The van der Waals surface area contributed by atoms with Crippen LogP contribution in [-0.4, -0.2) is 23.0 Å². The SMILES string of the molecule is Cc1ccc(C)c(OCC(=O)n2cc(C(N)=O)c3ccccc32)c1. The van der Waals surface area contributed by atoms with Crippen molar-refractivity contribution in [1.29, 1.82) is 0 Å². The maximum atomic E-state index is 12.5. The Hall–Kier alpha value is -3.08. The second-order valence-corrected chi connectivity index (χ2v) is 5.75. The van der Waals surface area contributed by atoms with Crippen LogP contribution in [0.25, 0.3) is 10.9 Å². The van der Waals surface area contributed by atoms with E-state index < -0.39 is 5.91 Å². The van der Waals surface area contributed by atoms with E-state index in [4.69, 9.17) is 10.5 Å². The topological polar surface area (TPSA) is 74.3 Å². The Kier molecular flexibility index (Phi) is 4.08. The minimum atomic E-state index is -0.562. The molecule has 0 fully saturated rings. The van der Waals surface area contributed by atoms with E-state index in [2.05, 4.69) is 0 Å². The smallest absolute Gasteiger partial charge is 0.269 e. The number of carbonyl (C=O) groups is 2. The van der Waals surface area contributed by atoms with E-state index in [1.54, 1.807) is 18.2 Å². The van der Waals surface area contributed by atoms with Gasteiger partial charge < -0.3 is 10.5 Å². The van der Waals surface area contributed by atoms with E-state index in [9.17, 15) is 9.59 Å². The fourth-order valence-electron chi connectivity index (χ4n) is 2.65. The molecule has 0 saturated carbocycles. The molecule has 122 valence electrons. The summed E-state index contributed by atoms with van der Waals surface area (Å²) in [6.07, 6.45) is 1.47. The fraction of sp³-hybridized carbons (Fsp3) is 0.158. The zero-order valence-electron chi connectivity index (χ0n) is 13.6. The molecule has 24 heavy (non-hydrogen) atoms. The number of para-hydroxylation sites is 1. The molecular formula is C19H18N2O3. The zero-order chi connectivity index (χ0) is 17.3. The summed E-state index contributed by atoms with van der Waals surface area (Å²) in [7, 11) is 0. The molecule has 1 amide bonds. The largest absolute Gasteiger partial charge is 0.483 e. The van der Waals surface area contributed by atoms with Gasteiger partial charge in [0, 0.05) is 11.6 Å². The standard InChI is InChI=1S/C19H18N2O3/c1-12-7-8-13(2)17(9-12)24-11-18(22)21-10-15(19(20)23)14-5-3-4-6-16(14)21/h3-10H,11H2,1-2H3,(H2,20,23). The first-order valence-electron chi connectivity index (χ1n) is 7.60. The Morgan fingerprint density at radius 3 is 2.62 bits per heavy atom. The van der Waals surface area contributed by atoms with Gasteiger partial charge in [-0.3, -0.25) is 14.2 Å². The Bertz CT molecular complexity index is 941. The van der Waals surface area contributed by atoms with E-state index in [1.165, 1.54) is 10.8 Å². The maximum Gasteiger partial charge on any atom is 0.269 e. The highest BCUT2D eigenvalue weighted by Gasteiger charge is 2.17. The number of aromatic nitrogens is 1. The van der Waals surface area contributed by atoms with Crippen molar-refractivity contribution in [1.82, 2.24) is 4.57 Å². The molecule has 0 aliphatic heterocycles. The molecule has 0 atom stereocenters. The molecular weight excluding hydrogens is 304 g/mol. The summed E-state index contributed by atoms with van der Waals surface area (Å²) in [4.78, 5) is 24.1. The third-order valence-corrected chi connectivity index (χ3v) is 3.94. The molecule has 5 nitrogen and oxygen atoms in total. The number of amides is 1. The lowest BCUT2D eigenvalue weighted by molar-refractivity contribution is 0.0842. The molecule has 0 radical (unpaired) electrons. The lowest BCUT2D eigenvalue weighted by Gasteiger charge is -2.10. The van der Waals surface area contributed by atoms with Crippen molar-refractivity contribution in [3.8, 4) is 5.75 Å². The monoisotopic (exact) mass is 322 g/mol. The molecule has 3 rings (SSSR count). The van der Waals surface area contributed by atoms with Crippen LogP contribution in [-0.2, 0) is 0 Å². The van der Waals surface area contributed by atoms with Gasteiger partial charge in [0.05, 0.1) is 11.1 Å². The summed E-state index contributed by atoms with van der Waals surface area (Å²) in [6.45, 7) is 3.77. The third kappa shape index (κ3) is 2.88. The molecule has 0 spiro atoms. The van der Waals surface area contributed by atoms with Crippen LogP contribution in [0.4, 0.5) is 0 Å². The molecule has 0 aliphatic rings. The molecule has 1 heterocycles. The number of nitrogens with two attached hydrogens (primary N) is 1. The van der Waals surface area contributed by atoms with E-state index in [0.717, 1.165) is 11.1 Å². The van der Waals surface area contributed by atoms with Crippen LogP contribution in [0.2, 0.25) is 0 Å². The summed E-state index contributed by atoms with van der Waals surface area (Å²) >= 11 is 0. The number of ether oxygens (including phenoxy) is 1. The molecule has 0 aliphatic carbocycles. The quantitative estimate of drug-likeness (QED) is 0.802. The van der Waals surface area contributed by atoms with Gasteiger partial charge in [0.25, 0.3) is 11.8 Å². The highest BCUT2D eigenvalue weighted by atomic mass is 16.5. The van der Waals surface area contributed by atoms with Gasteiger partial charge in [-0.05, 0) is 37.1 Å².